The minimum Gasteiger partial charge on any atom is -0.465 e. The maximum Gasteiger partial charge on any atom is 0.286 e. The molecule has 1 aromatic carbocycles. The maximum absolute atomic E-state index is 13.0. The second kappa shape index (κ2) is 6.76. The normalized spacial score (nSPS) is 19.6. The van der Waals surface area contributed by atoms with Gasteiger partial charge in [-0.3, -0.25) is 4.79 Å². The zero-order valence-electron chi connectivity index (χ0n) is 13.4. The molecule has 1 aromatic heterocycles. The van der Waals surface area contributed by atoms with E-state index in [4.69, 9.17) is 4.42 Å². The molecule has 5 nitrogen and oxygen atoms in total. The summed E-state index contributed by atoms with van der Waals surface area (Å²) in [7, 11) is 0. The van der Waals surface area contributed by atoms with Gasteiger partial charge in [0.15, 0.2) is 5.17 Å². The largest absolute Gasteiger partial charge is 0.465 e. The third kappa shape index (κ3) is 3.46. The summed E-state index contributed by atoms with van der Waals surface area (Å²) in [5.41, 5.74) is 1.01. The van der Waals surface area contributed by atoms with Crippen molar-refractivity contribution in [3.8, 4) is 0 Å². The first-order chi connectivity index (χ1) is 12.2. The number of aliphatic imine (C=N–C) groups is 1. The van der Waals surface area contributed by atoms with Gasteiger partial charge in [-0.1, -0.05) is 0 Å². The summed E-state index contributed by atoms with van der Waals surface area (Å²) in [4.78, 5) is 21.1. The molecule has 0 atom stereocenters. The van der Waals surface area contributed by atoms with Crippen LogP contribution in [0.5, 0.6) is 0 Å². The smallest absolute Gasteiger partial charge is 0.286 e. The number of nitrogens with zero attached hydrogens (tertiary/aromatic N) is 3. The van der Waals surface area contributed by atoms with Gasteiger partial charge in [-0.2, -0.15) is 4.99 Å². The predicted octanol–water partition coefficient (Wildman–Crippen LogP) is 3.21. The monoisotopic (exact) mass is 357 g/mol. The number of amides is 1. The van der Waals surface area contributed by atoms with E-state index < -0.39 is 0 Å². The lowest BCUT2D eigenvalue weighted by molar-refractivity contribution is -0.113. The number of amidine groups is 1. The molecule has 0 saturated carbocycles. The number of thioether (sulfide) groups is 1. The molecule has 0 bridgehead atoms. The van der Waals surface area contributed by atoms with Crippen molar-refractivity contribution in [1.29, 1.82) is 0 Å². The number of hydrogen-bond acceptors (Lipinski definition) is 5. The van der Waals surface area contributed by atoms with Crippen LogP contribution in [0.1, 0.15) is 5.76 Å². The summed E-state index contributed by atoms with van der Waals surface area (Å²) < 4.78 is 18.3. The fraction of sp³-hybridized carbons (Fsp3) is 0.222. The second-order valence-corrected chi connectivity index (χ2v) is 6.79. The van der Waals surface area contributed by atoms with Gasteiger partial charge in [0.25, 0.3) is 5.91 Å². The molecule has 0 N–H and O–H groups in total. The quantitative estimate of drug-likeness (QED) is 0.773. The van der Waals surface area contributed by atoms with Gasteiger partial charge in [0.1, 0.15) is 11.6 Å². The number of carbonyl (C=O) groups excluding carboxylic acids is 1. The zero-order chi connectivity index (χ0) is 17.2. The van der Waals surface area contributed by atoms with Crippen LogP contribution in [0.2, 0.25) is 0 Å². The Labute approximate surface area is 148 Å². The summed E-state index contributed by atoms with van der Waals surface area (Å²) in [6.45, 7) is 3.14. The lowest BCUT2D eigenvalue weighted by Crippen LogP contribution is -2.47. The highest BCUT2D eigenvalue weighted by atomic mass is 32.2. The van der Waals surface area contributed by atoms with E-state index >= 15 is 0 Å². The molecule has 1 amide bonds. The predicted molar refractivity (Wildman–Crippen MR) is 96.9 cm³/mol. The molecule has 25 heavy (non-hydrogen) atoms. The van der Waals surface area contributed by atoms with Crippen molar-refractivity contribution in [2.45, 2.75) is 0 Å². The molecule has 0 unspecified atom stereocenters. The summed E-state index contributed by atoms with van der Waals surface area (Å²) in [5, 5.41) is 0.738. The summed E-state index contributed by atoms with van der Waals surface area (Å²) in [5.74, 6) is 0.194. The van der Waals surface area contributed by atoms with E-state index in [2.05, 4.69) is 14.8 Å². The topological polar surface area (TPSA) is 49.1 Å². The van der Waals surface area contributed by atoms with Gasteiger partial charge in [0.05, 0.1) is 11.2 Å². The molecule has 128 valence electrons. The third-order valence-corrected chi connectivity index (χ3v) is 5.21. The van der Waals surface area contributed by atoms with Crippen molar-refractivity contribution in [3.63, 3.8) is 0 Å². The molecule has 1 saturated heterocycles. The van der Waals surface area contributed by atoms with Crippen molar-refractivity contribution >= 4 is 34.6 Å². The molecule has 7 heteroatoms. The SMILES string of the molecule is O=C1N=C(N2CCN(c3ccc(F)cc3)CC2)S/C1=C\c1ccco1. The minimum absolute atomic E-state index is 0.225. The molecule has 0 spiro atoms. The minimum atomic E-state index is -0.228. The average molecular weight is 357 g/mol. The highest BCUT2D eigenvalue weighted by Crippen LogP contribution is 2.31. The molecule has 2 aliphatic rings. The van der Waals surface area contributed by atoms with E-state index in [0.717, 1.165) is 37.0 Å². The van der Waals surface area contributed by atoms with Crippen LogP contribution in [0.25, 0.3) is 6.08 Å². The van der Waals surface area contributed by atoms with Crippen LogP contribution in [-0.4, -0.2) is 42.2 Å². The van der Waals surface area contributed by atoms with Gasteiger partial charge in [-0.25, -0.2) is 4.39 Å². The first-order valence-corrected chi connectivity index (χ1v) is 8.82. The van der Waals surface area contributed by atoms with E-state index in [0.29, 0.717) is 10.7 Å². The van der Waals surface area contributed by atoms with Crippen LogP contribution >= 0.6 is 11.8 Å². The Morgan fingerprint density at radius 3 is 2.48 bits per heavy atom. The lowest BCUT2D eigenvalue weighted by atomic mass is 10.2. The molecule has 2 aromatic rings. The summed E-state index contributed by atoms with van der Waals surface area (Å²) in [6.07, 6.45) is 3.30. The Hall–Kier alpha value is -2.54. The van der Waals surface area contributed by atoms with Gasteiger partial charge in [-0.05, 0) is 48.2 Å². The van der Waals surface area contributed by atoms with Crippen LogP contribution in [0.3, 0.4) is 0 Å². The van der Waals surface area contributed by atoms with Crippen LogP contribution < -0.4 is 4.90 Å². The number of halogens is 1. The number of carbonyl (C=O) groups is 1. The molecular formula is C18H16FN3O2S. The molecule has 1 fully saturated rings. The number of rotatable bonds is 2. The average Bonchev–Trinajstić information content (AvgIpc) is 3.27. The van der Waals surface area contributed by atoms with Gasteiger partial charge >= 0.3 is 0 Å². The Bertz CT molecular complexity index is 823. The van der Waals surface area contributed by atoms with E-state index in [-0.39, 0.29) is 11.7 Å². The number of benzene rings is 1. The van der Waals surface area contributed by atoms with Crippen molar-refractivity contribution < 1.29 is 13.6 Å². The van der Waals surface area contributed by atoms with Crippen molar-refractivity contribution in [1.82, 2.24) is 4.90 Å². The third-order valence-electron chi connectivity index (χ3n) is 4.17. The maximum atomic E-state index is 13.0. The zero-order valence-corrected chi connectivity index (χ0v) is 14.2. The Kier molecular flexibility index (Phi) is 4.31. The fourth-order valence-corrected chi connectivity index (χ4v) is 3.79. The van der Waals surface area contributed by atoms with E-state index in [1.165, 1.54) is 23.9 Å². The lowest BCUT2D eigenvalue weighted by Gasteiger charge is -2.36. The van der Waals surface area contributed by atoms with E-state index in [1.54, 1.807) is 36.6 Å². The van der Waals surface area contributed by atoms with Crippen molar-refractivity contribution in [2.75, 3.05) is 31.1 Å². The van der Waals surface area contributed by atoms with Crippen molar-refractivity contribution in [2.24, 2.45) is 4.99 Å². The molecule has 2 aliphatic heterocycles. The highest BCUT2D eigenvalue weighted by molar-refractivity contribution is 8.18. The summed E-state index contributed by atoms with van der Waals surface area (Å²) in [6, 6.07) is 10.1. The standard InChI is InChI=1S/C18H16FN3O2S/c19-13-3-5-14(6-4-13)21-7-9-22(10-8-21)18-20-17(23)16(25-18)12-15-2-1-11-24-15/h1-6,11-12H,7-10H2/b16-12-. The first-order valence-electron chi connectivity index (χ1n) is 8.00. The number of piperazine rings is 1. The molecule has 3 heterocycles. The molecular weight excluding hydrogens is 341 g/mol. The number of hydrogen-bond donors (Lipinski definition) is 0. The Morgan fingerprint density at radius 2 is 1.80 bits per heavy atom. The Morgan fingerprint density at radius 1 is 1.08 bits per heavy atom. The first kappa shape index (κ1) is 16.0. The fourth-order valence-electron chi connectivity index (χ4n) is 2.84. The Balaban J connectivity index is 1.39. The number of anilines is 1. The van der Waals surface area contributed by atoms with Gasteiger partial charge in [0.2, 0.25) is 0 Å². The van der Waals surface area contributed by atoms with Gasteiger partial charge in [0, 0.05) is 37.9 Å². The van der Waals surface area contributed by atoms with Gasteiger partial charge < -0.3 is 14.2 Å². The molecule has 0 aliphatic carbocycles. The van der Waals surface area contributed by atoms with Crippen LogP contribution in [0.15, 0.2) is 57.0 Å². The van der Waals surface area contributed by atoms with E-state index in [1.807, 2.05) is 0 Å². The van der Waals surface area contributed by atoms with Gasteiger partial charge in [-0.15, -0.1) is 0 Å². The van der Waals surface area contributed by atoms with Crippen molar-refractivity contribution in [3.05, 3.63) is 59.1 Å². The van der Waals surface area contributed by atoms with Crippen LogP contribution in [0, 0.1) is 5.82 Å². The van der Waals surface area contributed by atoms with E-state index in [9.17, 15) is 9.18 Å². The molecule has 4 rings (SSSR count). The van der Waals surface area contributed by atoms with Crippen LogP contribution in [0.4, 0.5) is 10.1 Å². The second-order valence-electron chi connectivity index (χ2n) is 5.78. The van der Waals surface area contributed by atoms with Crippen LogP contribution in [-0.2, 0) is 4.79 Å². The highest BCUT2D eigenvalue weighted by Gasteiger charge is 2.28. The summed E-state index contributed by atoms with van der Waals surface area (Å²) >= 11 is 1.38. The number of furan rings is 1. The molecule has 0 radical (unpaired) electrons.